The SMILES string of the molecule is Cc1nnc(NC(C)C2CCCC2)s1. The van der Waals surface area contributed by atoms with Gasteiger partial charge < -0.3 is 5.32 Å². The second-order valence-corrected chi connectivity index (χ2v) is 5.29. The monoisotopic (exact) mass is 211 g/mol. The summed E-state index contributed by atoms with van der Waals surface area (Å²) < 4.78 is 0. The van der Waals surface area contributed by atoms with Crippen molar-refractivity contribution in [3.8, 4) is 0 Å². The van der Waals surface area contributed by atoms with Crippen LogP contribution < -0.4 is 5.32 Å². The highest BCUT2D eigenvalue weighted by Crippen LogP contribution is 2.29. The highest BCUT2D eigenvalue weighted by molar-refractivity contribution is 7.15. The Morgan fingerprint density at radius 3 is 2.64 bits per heavy atom. The van der Waals surface area contributed by atoms with Gasteiger partial charge >= 0.3 is 0 Å². The average Bonchev–Trinajstić information content (AvgIpc) is 2.75. The van der Waals surface area contributed by atoms with E-state index in [0.717, 1.165) is 16.1 Å². The zero-order chi connectivity index (χ0) is 9.97. The highest BCUT2D eigenvalue weighted by Gasteiger charge is 2.21. The van der Waals surface area contributed by atoms with Crippen LogP contribution in [0.4, 0.5) is 5.13 Å². The third-order valence-electron chi connectivity index (χ3n) is 2.98. The lowest BCUT2D eigenvalue weighted by Gasteiger charge is -2.19. The van der Waals surface area contributed by atoms with Gasteiger partial charge in [0.25, 0.3) is 0 Å². The van der Waals surface area contributed by atoms with Crippen LogP contribution in [0.5, 0.6) is 0 Å². The molecule has 14 heavy (non-hydrogen) atoms. The quantitative estimate of drug-likeness (QED) is 0.835. The first-order valence-electron chi connectivity index (χ1n) is 5.32. The van der Waals surface area contributed by atoms with Gasteiger partial charge in [0.05, 0.1) is 0 Å². The van der Waals surface area contributed by atoms with Gasteiger partial charge in [-0.25, -0.2) is 0 Å². The fraction of sp³-hybridized carbons (Fsp3) is 0.800. The number of aromatic nitrogens is 2. The van der Waals surface area contributed by atoms with Gasteiger partial charge in [-0.1, -0.05) is 24.2 Å². The van der Waals surface area contributed by atoms with E-state index in [2.05, 4.69) is 22.4 Å². The summed E-state index contributed by atoms with van der Waals surface area (Å²) in [6.07, 6.45) is 5.52. The highest BCUT2D eigenvalue weighted by atomic mass is 32.1. The molecule has 1 fully saturated rings. The van der Waals surface area contributed by atoms with Gasteiger partial charge in [0.1, 0.15) is 5.01 Å². The summed E-state index contributed by atoms with van der Waals surface area (Å²) in [6.45, 7) is 4.25. The van der Waals surface area contributed by atoms with Crippen molar-refractivity contribution in [2.75, 3.05) is 5.32 Å². The van der Waals surface area contributed by atoms with Crippen molar-refractivity contribution in [1.29, 1.82) is 0 Å². The number of anilines is 1. The van der Waals surface area contributed by atoms with Crippen LogP contribution in [0.25, 0.3) is 0 Å². The van der Waals surface area contributed by atoms with Crippen molar-refractivity contribution in [2.24, 2.45) is 5.92 Å². The van der Waals surface area contributed by atoms with Crippen LogP contribution in [-0.2, 0) is 0 Å². The molecule has 0 aliphatic heterocycles. The maximum Gasteiger partial charge on any atom is 0.205 e. The Morgan fingerprint density at radius 1 is 1.36 bits per heavy atom. The first-order valence-corrected chi connectivity index (χ1v) is 6.14. The van der Waals surface area contributed by atoms with E-state index < -0.39 is 0 Å². The van der Waals surface area contributed by atoms with Crippen LogP contribution in [-0.4, -0.2) is 16.2 Å². The predicted octanol–water partition coefficient (Wildman–Crippen LogP) is 2.84. The molecular formula is C10H17N3S. The summed E-state index contributed by atoms with van der Waals surface area (Å²) in [5, 5.41) is 13.5. The maximum atomic E-state index is 4.08. The second kappa shape index (κ2) is 4.26. The van der Waals surface area contributed by atoms with Crippen LogP contribution >= 0.6 is 11.3 Å². The lowest BCUT2D eigenvalue weighted by atomic mass is 10.0. The smallest absolute Gasteiger partial charge is 0.205 e. The number of nitrogens with zero attached hydrogens (tertiary/aromatic N) is 2. The van der Waals surface area contributed by atoms with Gasteiger partial charge in [0, 0.05) is 6.04 Å². The molecule has 0 amide bonds. The zero-order valence-corrected chi connectivity index (χ0v) is 9.60. The molecule has 0 spiro atoms. The lowest BCUT2D eigenvalue weighted by Crippen LogP contribution is -2.23. The Kier molecular flexibility index (Phi) is 3.01. The Morgan fingerprint density at radius 2 is 2.07 bits per heavy atom. The minimum absolute atomic E-state index is 0.546. The molecule has 1 heterocycles. The normalized spacial score (nSPS) is 19.9. The van der Waals surface area contributed by atoms with Gasteiger partial charge in [-0.2, -0.15) is 0 Å². The molecule has 1 unspecified atom stereocenters. The molecule has 0 bridgehead atoms. The van der Waals surface area contributed by atoms with E-state index in [1.165, 1.54) is 25.7 Å². The molecule has 1 aliphatic rings. The van der Waals surface area contributed by atoms with Crippen molar-refractivity contribution in [3.05, 3.63) is 5.01 Å². The molecule has 1 aromatic heterocycles. The molecule has 0 aromatic carbocycles. The van der Waals surface area contributed by atoms with Gasteiger partial charge in [0.2, 0.25) is 5.13 Å². The van der Waals surface area contributed by atoms with E-state index >= 15 is 0 Å². The Balaban J connectivity index is 1.90. The minimum atomic E-state index is 0.546. The molecule has 0 saturated heterocycles. The van der Waals surface area contributed by atoms with Crippen LogP contribution in [0.15, 0.2) is 0 Å². The van der Waals surface area contributed by atoms with Crippen molar-refractivity contribution in [3.63, 3.8) is 0 Å². The summed E-state index contributed by atoms with van der Waals surface area (Å²) >= 11 is 1.64. The van der Waals surface area contributed by atoms with Crippen LogP contribution in [0.3, 0.4) is 0 Å². The summed E-state index contributed by atoms with van der Waals surface area (Å²) in [4.78, 5) is 0. The number of nitrogens with one attached hydrogen (secondary N) is 1. The Bertz CT molecular complexity index is 291. The van der Waals surface area contributed by atoms with Crippen LogP contribution in [0.1, 0.15) is 37.6 Å². The van der Waals surface area contributed by atoms with E-state index in [0.29, 0.717) is 6.04 Å². The summed E-state index contributed by atoms with van der Waals surface area (Å²) in [7, 11) is 0. The summed E-state index contributed by atoms with van der Waals surface area (Å²) in [5.74, 6) is 0.833. The maximum absolute atomic E-state index is 4.08. The molecule has 4 heteroatoms. The van der Waals surface area contributed by atoms with Gasteiger partial charge in [0.15, 0.2) is 0 Å². The fourth-order valence-electron chi connectivity index (χ4n) is 2.12. The van der Waals surface area contributed by atoms with Crippen molar-refractivity contribution in [2.45, 2.75) is 45.6 Å². The number of hydrogen-bond acceptors (Lipinski definition) is 4. The van der Waals surface area contributed by atoms with E-state index in [9.17, 15) is 0 Å². The molecular weight excluding hydrogens is 194 g/mol. The van der Waals surface area contributed by atoms with E-state index in [-0.39, 0.29) is 0 Å². The number of hydrogen-bond donors (Lipinski definition) is 1. The molecule has 1 N–H and O–H groups in total. The van der Waals surface area contributed by atoms with Gasteiger partial charge in [-0.05, 0) is 32.6 Å². The van der Waals surface area contributed by atoms with Crippen molar-refractivity contribution < 1.29 is 0 Å². The van der Waals surface area contributed by atoms with E-state index in [4.69, 9.17) is 0 Å². The Hall–Kier alpha value is -0.640. The lowest BCUT2D eigenvalue weighted by molar-refractivity contribution is 0.482. The summed E-state index contributed by atoms with van der Waals surface area (Å²) in [5.41, 5.74) is 0. The summed E-state index contributed by atoms with van der Waals surface area (Å²) in [6, 6.07) is 0.546. The molecule has 1 atom stereocenters. The van der Waals surface area contributed by atoms with Crippen LogP contribution in [0, 0.1) is 12.8 Å². The largest absolute Gasteiger partial charge is 0.357 e. The molecule has 1 aliphatic carbocycles. The number of aryl methyl sites for hydroxylation is 1. The number of rotatable bonds is 3. The Labute approximate surface area is 88.9 Å². The third-order valence-corrected chi connectivity index (χ3v) is 3.75. The predicted molar refractivity (Wildman–Crippen MR) is 59.7 cm³/mol. The first kappa shape index (κ1) is 9.90. The third kappa shape index (κ3) is 2.23. The van der Waals surface area contributed by atoms with Gasteiger partial charge in [-0.15, -0.1) is 10.2 Å². The standard InChI is InChI=1S/C10H17N3S/c1-7(9-5-3-4-6-9)11-10-13-12-8(2)14-10/h7,9H,3-6H2,1-2H3,(H,11,13). The average molecular weight is 211 g/mol. The molecule has 1 saturated carbocycles. The van der Waals surface area contributed by atoms with Gasteiger partial charge in [-0.3, -0.25) is 0 Å². The minimum Gasteiger partial charge on any atom is -0.357 e. The molecule has 78 valence electrons. The first-order chi connectivity index (χ1) is 6.75. The van der Waals surface area contributed by atoms with E-state index in [1.54, 1.807) is 11.3 Å². The van der Waals surface area contributed by atoms with Crippen LogP contribution in [0.2, 0.25) is 0 Å². The van der Waals surface area contributed by atoms with Crippen molar-refractivity contribution >= 4 is 16.5 Å². The second-order valence-electron chi connectivity index (χ2n) is 4.10. The van der Waals surface area contributed by atoms with E-state index in [1.807, 2.05) is 6.92 Å². The fourth-order valence-corrected chi connectivity index (χ4v) is 2.81. The molecule has 3 nitrogen and oxygen atoms in total. The van der Waals surface area contributed by atoms with Crippen molar-refractivity contribution in [1.82, 2.24) is 10.2 Å². The molecule has 0 radical (unpaired) electrons. The molecule has 2 rings (SSSR count). The topological polar surface area (TPSA) is 37.8 Å². The molecule has 1 aromatic rings. The zero-order valence-electron chi connectivity index (χ0n) is 8.79.